The Morgan fingerprint density at radius 3 is 2.26 bits per heavy atom. The van der Waals surface area contributed by atoms with Crippen LogP contribution in [0.5, 0.6) is 17.2 Å². The van der Waals surface area contributed by atoms with Crippen LogP contribution in [0, 0.1) is 0 Å². The first-order valence-electron chi connectivity index (χ1n) is 8.22. The van der Waals surface area contributed by atoms with E-state index in [4.69, 9.17) is 9.47 Å². The SMILES string of the molecule is CC(C)(C(=O)Nc1ccc(OC(F)(F)F)cc1)c1ccc2c(c1)OCCO2. The fourth-order valence-electron chi connectivity index (χ4n) is 2.59. The average molecular weight is 381 g/mol. The number of carbonyl (C=O) groups excluding carboxylic acids is 1. The highest BCUT2D eigenvalue weighted by Crippen LogP contribution is 2.35. The molecule has 1 heterocycles. The van der Waals surface area contributed by atoms with Gasteiger partial charge in [-0.05, 0) is 55.8 Å². The van der Waals surface area contributed by atoms with Crippen molar-refractivity contribution in [3.8, 4) is 17.2 Å². The molecule has 0 aromatic heterocycles. The standard InChI is InChI=1S/C19H18F3NO4/c1-18(2,12-3-8-15-16(11-12)26-10-9-25-15)17(24)23-13-4-6-14(7-5-13)27-19(20,21)22/h3-8,11H,9-10H2,1-2H3,(H,23,24). The van der Waals surface area contributed by atoms with Crippen molar-refractivity contribution in [1.82, 2.24) is 0 Å². The van der Waals surface area contributed by atoms with Crippen LogP contribution in [0.1, 0.15) is 19.4 Å². The number of alkyl halides is 3. The number of carbonyl (C=O) groups is 1. The molecule has 1 aliphatic heterocycles. The summed E-state index contributed by atoms with van der Waals surface area (Å²) in [7, 11) is 0. The summed E-state index contributed by atoms with van der Waals surface area (Å²) in [4.78, 5) is 12.7. The normalized spacial score (nSPS) is 13.8. The zero-order valence-electron chi connectivity index (χ0n) is 14.7. The lowest BCUT2D eigenvalue weighted by atomic mass is 9.83. The third kappa shape index (κ3) is 4.45. The molecule has 1 amide bonds. The number of hydrogen-bond donors (Lipinski definition) is 1. The second-order valence-corrected chi connectivity index (χ2v) is 6.51. The minimum Gasteiger partial charge on any atom is -0.486 e. The molecule has 0 atom stereocenters. The van der Waals surface area contributed by atoms with Crippen LogP contribution in [0.3, 0.4) is 0 Å². The van der Waals surface area contributed by atoms with Crippen molar-refractivity contribution >= 4 is 11.6 Å². The molecule has 0 saturated heterocycles. The molecule has 1 N–H and O–H groups in total. The zero-order chi connectivity index (χ0) is 19.7. The molecule has 27 heavy (non-hydrogen) atoms. The van der Waals surface area contributed by atoms with E-state index in [-0.39, 0.29) is 11.7 Å². The highest BCUT2D eigenvalue weighted by atomic mass is 19.4. The first kappa shape index (κ1) is 18.9. The van der Waals surface area contributed by atoms with Gasteiger partial charge in [0, 0.05) is 5.69 Å². The number of rotatable bonds is 4. The first-order chi connectivity index (χ1) is 12.6. The van der Waals surface area contributed by atoms with Crippen LogP contribution < -0.4 is 19.5 Å². The Labute approximate surface area is 154 Å². The topological polar surface area (TPSA) is 56.8 Å². The van der Waals surface area contributed by atoms with E-state index in [2.05, 4.69) is 10.1 Å². The molecular weight excluding hydrogens is 363 g/mol. The Hall–Kier alpha value is -2.90. The van der Waals surface area contributed by atoms with Crippen molar-refractivity contribution in [3.05, 3.63) is 48.0 Å². The van der Waals surface area contributed by atoms with Crippen LogP contribution in [0.25, 0.3) is 0 Å². The number of benzene rings is 2. The van der Waals surface area contributed by atoms with Gasteiger partial charge in [-0.3, -0.25) is 4.79 Å². The van der Waals surface area contributed by atoms with E-state index in [1.165, 1.54) is 12.1 Å². The summed E-state index contributed by atoms with van der Waals surface area (Å²) in [5, 5.41) is 2.70. The Morgan fingerprint density at radius 2 is 1.63 bits per heavy atom. The molecule has 144 valence electrons. The summed E-state index contributed by atoms with van der Waals surface area (Å²) in [6, 6.07) is 10.3. The number of fused-ring (bicyclic) bond motifs is 1. The van der Waals surface area contributed by atoms with Gasteiger partial charge in [0.2, 0.25) is 5.91 Å². The molecule has 0 radical (unpaired) electrons. The highest BCUT2D eigenvalue weighted by molar-refractivity contribution is 5.98. The summed E-state index contributed by atoms with van der Waals surface area (Å²) in [6.07, 6.45) is -4.76. The predicted molar refractivity (Wildman–Crippen MR) is 92.2 cm³/mol. The largest absolute Gasteiger partial charge is 0.573 e. The second-order valence-electron chi connectivity index (χ2n) is 6.51. The van der Waals surface area contributed by atoms with Crippen LogP contribution in [0.15, 0.2) is 42.5 Å². The van der Waals surface area contributed by atoms with Crippen LogP contribution in [-0.4, -0.2) is 25.5 Å². The van der Waals surface area contributed by atoms with Crippen molar-refractivity contribution in [2.24, 2.45) is 0 Å². The molecule has 8 heteroatoms. The lowest BCUT2D eigenvalue weighted by molar-refractivity contribution is -0.274. The van der Waals surface area contributed by atoms with E-state index in [0.717, 1.165) is 17.7 Å². The number of ether oxygens (including phenoxy) is 3. The van der Waals surface area contributed by atoms with Gasteiger partial charge >= 0.3 is 6.36 Å². The van der Waals surface area contributed by atoms with E-state index >= 15 is 0 Å². The van der Waals surface area contributed by atoms with Gasteiger partial charge in [-0.25, -0.2) is 0 Å². The fraction of sp³-hybridized carbons (Fsp3) is 0.316. The van der Waals surface area contributed by atoms with E-state index in [1.54, 1.807) is 32.0 Å². The Balaban J connectivity index is 1.73. The van der Waals surface area contributed by atoms with Crippen LogP contribution in [0.4, 0.5) is 18.9 Å². The van der Waals surface area contributed by atoms with Crippen molar-refractivity contribution in [3.63, 3.8) is 0 Å². The summed E-state index contributed by atoms with van der Waals surface area (Å²) in [5.41, 5.74) is 0.179. The molecule has 2 aromatic rings. The van der Waals surface area contributed by atoms with Crippen LogP contribution in [0.2, 0.25) is 0 Å². The molecule has 0 bridgehead atoms. The van der Waals surface area contributed by atoms with Crippen LogP contribution in [-0.2, 0) is 10.2 Å². The predicted octanol–water partition coefficient (Wildman–Crippen LogP) is 4.27. The van der Waals surface area contributed by atoms with Gasteiger partial charge in [0.15, 0.2) is 11.5 Å². The van der Waals surface area contributed by atoms with Gasteiger partial charge in [-0.1, -0.05) is 6.07 Å². The van der Waals surface area contributed by atoms with Crippen molar-refractivity contribution in [2.75, 3.05) is 18.5 Å². The molecule has 0 unspecified atom stereocenters. The zero-order valence-corrected chi connectivity index (χ0v) is 14.7. The van der Waals surface area contributed by atoms with Gasteiger partial charge in [0.25, 0.3) is 0 Å². The van der Waals surface area contributed by atoms with Gasteiger partial charge in [0.1, 0.15) is 19.0 Å². The minimum atomic E-state index is -4.76. The summed E-state index contributed by atoms with van der Waals surface area (Å²) < 4.78 is 51.5. The molecule has 5 nitrogen and oxygen atoms in total. The third-order valence-corrected chi connectivity index (χ3v) is 4.18. The fourth-order valence-corrected chi connectivity index (χ4v) is 2.59. The maximum absolute atomic E-state index is 12.7. The molecular formula is C19H18F3NO4. The molecule has 0 aliphatic carbocycles. The van der Waals surface area contributed by atoms with Gasteiger partial charge in [0.05, 0.1) is 5.41 Å². The lowest BCUT2D eigenvalue weighted by Crippen LogP contribution is -2.34. The molecule has 1 aliphatic rings. The third-order valence-electron chi connectivity index (χ3n) is 4.18. The number of hydrogen-bond acceptors (Lipinski definition) is 4. The molecule has 0 spiro atoms. The average Bonchev–Trinajstić information content (AvgIpc) is 2.61. The second kappa shape index (κ2) is 7.02. The summed E-state index contributed by atoms with van der Waals surface area (Å²) >= 11 is 0. The first-order valence-corrected chi connectivity index (χ1v) is 8.22. The molecule has 2 aromatic carbocycles. The Kier molecular flexibility index (Phi) is 4.91. The maximum atomic E-state index is 12.7. The summed E-state index contributed by atoms with van der Waals surface area (Å²) in [6.45, 7) is 4.41. The maximum Gasteiger partial charge on any atom is 0.573 e. The van der Waals surface area contributed by atoms with Crippen molar-refractivity contribution in [1.29, 1.82) is 0 Å². The van der Waals surface area contributed by atoms with Gasteiger partial charge < -0.3 is 19.5 Å². The number of nitrogens with one attached hydrogen (secondary N) is 1. The van der Waals surface area contributed by atoms with Crippen LogP contribution >= 0.6 is 0 Å². The Morgan fingerprint density at radius 1 is 1.00 bits per heavy atom. The monoisotopic (exact) mass is 381 g/mol. The number of anilines is 1. The van der Waals surface area contributed by atoms with E-state index in [1.807, 2.05) is 0 Å². The molecule has 3 rings (SSSR count). The van der Waals surface area contributed by atoms with Crippen molar-refractivity contribution in [2.45, 2.75) is 25.6 Å². The van der Waals surface area contributed by atoms with Gasteiger partial charge in [-0.2, -0.15) is 0 Å². The van der Waals surface area contributed by atoms with Gasteiger partial charge in [-0.15, -0.1) is 13.2 Å². The molecule has 0 fully saturated rings. The van der Waals surface area contributed by atoms with Crippen molar-refractivity contribution < 1.29 is 32.2 Å². The van der Waals surface area contributed by atoms with E-state index in [9.17, 15) is 18.0 Å². The number of amides is 1. The molecule has 0 saturated carbocycles. The van der Waals surface area contributed by atoms with E-state index < -0.39 is 11.8 Å². The highest BCUT2D eigenvalue weighted by Gasteiger charge is 2.32. The Bertz CT molecular complexity index is 832. The smallest absolute Gasteiger partial charge is 0.486 e. The number of halogens is 3. The summed E-state index contributed by atoms with van der Waals surface area (Å²) in [5.74, 6) is 0.532. The quantitative estimate of drug-likeness (QED) is 0.859. The lowest BCUT2D eigenvalue weighted by Gasteiger charge is -2.26. The van der Waals surface area contributed by atoms with E-state index in [0.29, 0.717) is 30.4 Å². The minimum absolute atomic E-state index is 0.316.